The first-order valence-corrected chi connectivity index (χ1v) is 6.60. The van der Waals surface area contributed by atoms with Gasteiger partial charge in [-0.2, -0.15) is 4.98 Å². The van der Waals surface area contributed by atoms with Crippen molar-refractivity contribution in [2.24, 2.45) is 0 Å². The number of anilines is 1. The molecule has 110 valence electrons. The summed E-state index contributed by atoms with van der Waals surface area (Å²) in [6.07, 6.45) is 2.53. The molecule has 0 aliphatic carbocycles. The van der Waals surface area contributed by atoms with Gasteiger partial charge in [0.05, 0.1) is 10.5 Å². The van der Waals surface area contributed by atoms with Crippen molar-refractivity contribution >= 4 is 11.6 Å². The lowest BCUT2D eigenvalue weighted by Gasteiger charge is -2.09. The van der Waals surface area contributed by atoms with E-state index >= 15 is 0 Å². The van der Waals surface area contributed by atoms with E-state index in [1.165, 1.54) is 6.07 Å². The maximum absolute atomic E-state index is 10.9. The highest BCUT2D eigenvalue weighted by atomic mass is 16.6. The van der Waals surface area contributed by atoms with Crippen molar-refractivity contribution in [1.82, 2.24) is 9.97 Å². The van der Waals surface area contributed by atoms with Gasteiger partial charge in [0.25, 0.3) is 5.69 Å². The second-order valence-electron chi connectivity index (χ2n) is 4.40. The number of nitrogens with zero attached hydrogens (tertiary/aromatic N) is 3. The topological polar surface area (TPSA) is 90.2 Å². The van der Waals surface area contributed by atoms with Crippen molar-refractivity contribution in [1.29, 1.82) is 0 Å². The fraction of sp³-hybridized carbons (Fsp3) is 0.286. The van der Waals surface area contributed by atoms with E-state index in [0.717, 1.165) is 13.0 Å². The molecule has 0 saturated heterocycles. The molecule has 0 radical (unpaired) electrons. The maximum atomic E-state index is 10.9. The first-order valence-electron chi connectivity index (χ1n) is 6.60. The van der Waals surface area contributed by atoms with Crippen molar-refractivity contribution < 1.29 is 9.66 Å². The number of nitro groups is 1. The van der Waals surface area contributed by atoms with Crippen LogP contribution in [-0.2, 0) is 0 Å². The van der Waals surface area contributed by atoms with Crippen molar-refractivity contribution in [3.63, 3.8) is 0 Å². The Morgan fingerprint density at radius 2 is 2.19 bits per heavy atom. The molecule has 0 aliphatic heterocycles. The molecule has 0 unspecified atom stereocenters. The van der Waals surface area contributed by atoms with Crippen LogP contribution in [0.3, 0.4) is 0 Å². The Morgan fingerprint density at radius 3 is 2.90 bits per heavy atom. The van der Waals surface area contributed by atoms with Gasteiger partial charge in [0.1, 0.15) is 5.75 Å². The largest absolute Gasteiger partial charge is 0.438 e. The van der Waals surface area contributed by atoms with E-state index in [1.807, 2.05) is 6.92 Å². The molecule has 21 heavy (non-hydrogen) atoms. The Morgan fingerprint density at radius 1 is 1.38 bits per heavy atom. The Balaban J connectivity index is 2.22. The second kappa shape index (κ2) is 6.65. The first kappa shape index (κ1) is 14.7. The lowest BCUT2D eigenvalue weighted by molar-refractivity contribution is -0.385. The van der Waals surface area contributed by atoms with Gasteiger partial charge in [-0.05, 0) is 19.4 Å². The number of hydrogen-bond acceptors (Lipinski definition) is 6. The Bertz CT molecular complexity index is 646. The summed E-state index contributed by atoms with van der Waals surface area (Å²) < 4.78 is 5.63. The van der Waals surface area contributed by atoms with E-state index in [9.17, 15) is 10.1 Å². The predicted octanol–water partition coefficient (Wildman–Crippen LogP) is 3.31. The van der Waals surface area contributed by atoms with Crippen LogP contribution >= 0.6 is 0 Å². The van der Waals surface area contributed by atoms with Crippen LogP contribution in [0.2, 0.25) is 0 Å². The van der Waals surface area contributed by atoms with E-state index in [4.69, 9.17) is 4.74 Å². The predicted molar refractivity (Wildman–Crippen MR) is 78.7 cm³/mol. The van der Waals surface area contributed by atoms with Gasteiger partial charge in [-0.1, -0.05) is 13.0 Å². The van der Waals surface area contributed by atoms with E-state index in [1.54, 1.807) is 31.3 Å². The van der Waals surface area contributed by atoms with E-state index in [0.29, 0.717) is 23.1 Å². The van der Waals surface area contributed by atoms with E-state index in [2.05, 4.69) is 15.3 Å². The summed E-state index contributed by atoms with van der Waals surface area (Å²) in [5.74, 6) is 1.22. The SMILES string of the molecule is CCCNc1nccc(Oc2cccc([N+](=O)[O-])c2C)n1. The molecule has 1 aromatic carbocycles. The van der Waals surface area contributed by atoms with Gasteiger partial charge in [-0.15, -0.1) is 0 Å². The minimum Gasteiger partial charge on any atom is -0.438 e. The molecule has 1 heterocycles. The quantitative estimate of drug-likeness (QED) is 0.647. The summed E-state index contributed by atoms with van der Waals surface area (Å²) in [6.45, 7) is 4.45. The lowest BCUT2D eigenvalue weighted by atomic mass is 10.2. The third-order valence-corrected chi connectivity index (χ3v) is 2.83. The summed E-state index contributed by atoms with van der Waals surface area (Å²) in [6, 6.07) is 6.30. The molecule has 2 rings (SSSR count). The molecule has 1 N–H and O–H groups in total. The Kier molecular flexibility index (Phi) is 4.65. The van der Waals surface area contributed by atoms with Crippen LogP contribution in [0.25, 0.3) is 0 Å². The molecule has 0 saturated carbocycles. The van der Waals surface area contributed by atoms with Gasteiger partial charge < -0.3 is 10.1 Å². The van der Waals surface area contributed by atoms with Crippen molar-refractivity contribution in [3.8, 4) is 11.6 Å². The molecule has 1 aromatic heterocycles. The number of nitro benzene ring substituents is 1. The van der Waals surface area contributed by atoms with Crippen LogP contribution in [0.1, 0.15) is 18.9 Å². The number of benzene rings is 1. The summed E-state index contributed by atoms with van der Waals surface area (Å²) in [7, 11) is 0. The molecule has 0 aliphatic rings. The average Bonchev–Trinajstić information content (AvgIpc) is 2.47. The van der Waals surface area contributed by atoms with Gasteiger partial charge in [0, 0.05) is 24.9 Å². The highest BCUT2D eigenvalue weighted by Gasteiger charge is 2.15. The van der Waals surface area contributed by atoms with Crippen LogP contribution in [0.4, 0.5) is 11.6 Å². The van der Waals surface area contributed by atoms with Crippen LogP contribution < -0.4 is 10.1 Å². The molecule has 7 nitrogen and oxygen atoms in total. The van der Waals surface area contributed by atoms with Crippen molar-refractivity contribution in [2.75, 3.05) is 11.9 Å². The lowest BCUT2D eigenvalue weighted by Crippen LogP contribution is -2.04. The molecule has 7 heteroatoms. The monoisotopic (exact) mass is 288 g/mol. The second-order valence-corrected chi connectivity index (χ2v) is 4.40. The third kappa shape index (κ3) is 3.65. The fourth-order valence-corrected chi connectivity index (χ4v) is 1.74. The number of aromatic nitrogens is 2. The molecular weight excluding hydrogens is 272 g/mol. The number of nitrogens with one attached hydrogen (secondary N) is 1. The zero-order chi connectivity index (χ0) is 15.2. The molecular formula is C14H16N4O3. The average molecular weight is 288 g/mol. The van der Waals surface area contributed by atoms with Gasteiger partial charge >= 0.3 is 0 Å². The number of hydrogen-bond donors (Lipinski definition) is 1. The fourth-order valence-electron chi connectivity index (χ4n) is 1.74. The first-order chi connectivity index (χ1) is 10.1. The van der Waals surface area contributed by atoms with Gasteiger partial charge in [-0.25, -0.2) is 4.98 Å². The van der Waals surface area contributed by atoms with Gasteiger partial charge in [0.2, 0.25) is 11.8 Å². The van der Waals surface area contributed by atoms with Gasteiger partial charge in [0.15, 0.2) is 0 Å². The van der Waals surface area contributed by atoms with Crippen LogP contribution in [-0.4, -0.2) is 21.4 Å². The number of rotatable bonds is 6. The summed E-state index contributed by atoms with van der Waals surface area (Å²) in [5, 5.41) is 14.0. The maximum Gasteiger partial charge on any atom is 0.276 e. The van der Waals surface area contributed by atoms with Crippen LogP contribution in [0, 0.1) is 17.0 Å². The normalized spacial score (nSPS) is 10.2. The summed E-state index contributed by atoms with van der Waals surface area (Å²) >= 11 is 0. The molecule has 0 amide bonds. The number of ether oxygens (including phenoxy) is 1. The summed E-state index contributed by atoms with van der Waals surface area (Å²) in [5.41, 5.74) is 0.482. The molecule has 2 aromatic rings. The zero-order valence-electron chi connectivity index (χ0n) is 11.9. The van der Waals surface area contributed by atoms with Crippen molar-refractivity contribution in [2.45, 2.75) is 20.3 Å². The molecule has 0 spiro atoms. The van der Waals surface area contributed by atoms with Crippen molar-refractivity contribution in [3.05, 3.63) is 46.1 Å². The third-order valence-electron chi connectivity index (χ3n) is 2.83. The van der Waals surface area contributed by atoms with Crippen LogP contribution in [0.5, 0.6) is 11.6 Å². The minimum atomic E-state index is -0.434. The minimum absolute atomic E-state index is 0.0193. The molecule has 0 fully saturated rings. The highest BCUT2D eigenvalue weighted by Crippen LogP contribution is 2.30. The van der Waals surface area contributed by atoms with Crippen LogP contribution in [0.15, 0.2) is 30.5 Å². The Labute approximate surface area is 122 Å². The Hall–Kier alpha value is -2.70. The molecule has 0 atom stereocenters. The van der Waals surface area contributed by atoms with E-state index < -0.39 is 4.92 Å². The summed E-state index contributed by atoms with van der Waals surface area (Å²) in [4.78, 5) is 18.8. The standard InChI is InChI=1S/C14H16N4O3/c1-3-8-15-14-16-9-7-13(17-14)21-12-6-4-5-11(10(12)2)18(19)20/h4-7,9H,3,8H2,1-2H3,(H,15,16,17). The zero-order valence-corrected chi connectivity index (χ0v) is 11.9. The highest BCUT2D eigenvalue weighted by molar-refractivity contribution is 5.49. The van der Waals surface area contributed by atoms with E-state index in [-0.39, 0.29) is 5.69 Å². The molecule has 0 bridgehead atoms. The van der Waals surface area contributed by atoms with Gasteiger partial charge in [-0.3, -0.25) is 10.1 Å². The smallest absolute Gasteiger partial charge is 0.276 e.